The average molecular weight is 285 g/mol. The lowest BCUT2D eigenvalue weighted by Crippen LogP contribution is -2.50. The van der Waals surface area contributed by atoms with E-state index >= 15 is 0 Å². The van der Waals surface area contributed by atoms with E-state index in [0.29, 0.717) is 5.56 Å². The fraction of sp³-hybridized carbons (Fsp3) is 0.471. The Hall–Kier alpha value is -1.68. The van der Waals surface area contributed by atoms with Gasteiger partial charge in [0.05, 0.1) is 11.9 Å². The minimum absolute atomic E-state index is 0.195. The van der Waals surface area contributed by atoms with Gasteiger partial charge < -0.3 is 0 Å². The zero-order valence-corrected chi connectivity index (χ0v) is 12.1. The number of hydrogen-bond donors (Lipinski definition) is 1. The molecule has 1 aromatic heterocycles. The summed E-state index contributed by atoms with van der Waals surface area (Å²) in [5.41, 5.74) is 2.52. The van der Waals surface area contributed by atoms with E-state index < -0.39 is 0 Å². The highest BCUT2D eigenvalue weighted by Crippen LogP contribution is 2.39. The summed E-state index contributed by atoms with van der Waals surface area (Å²) >= 11 is 0. The normalized spacial score (nSPS) is 20.2. The summed E-state index contributed by atoms with van der Waals surface area (Å²) in [6.07, 6.45) is 6.09. The summed E-state index contributed by atoms with van der Waals surface area (Å²) in [5, 5.41) is 7.07. The third kappa shape index (κ3) is 2.38. The maximum atomic E-state index is 13.9. The predicted molar refractivity (Wildman–Crippen MR) is 80.1 cm³/mol. The second kappa shape index (κ2) is 5.26. The van der Waals surface area contributed by atoms with Crippen LogP contribution >= 0.6 is 0 Å². The first-order valence-electron chi connectivity index (χ1n) is 7.81. The number of likely N-dealkylation sites (tertiary alicyclic amines) is 1. The molecule has 2 fully saturated rings. The lowest BCUT2D eigenvalue weighted by atomic mass is 9.72. The molecule has 1 aliphatic heterocycles. The second-order valence-electron chi connectivity index (χ2n) is 6.40. The highest BCUT2D eigenvalue weighted by molar-refractivity contribution is 5.63. The monoisotopic (exact) mass is 285 g/mol. The van der Waals surface area contributed by atoms with E-state index in [1.54, 1.807) is 12.1 Å². The minimum Gasteiger partial charge on any atom is -0.298 e. The Morgan fingerprint density at radius 1 is 1.19 bits per heavy atom. The van der Waals surface area contributed by atoms with Crippen molar-refractivity contribution in [3.05, 3.63) is 41.8 Å². The smallest absolute Gasteiger partial charge is 0.132 e. The Labute approximate surface area is 124 Å². The fourth-order valence-electron chi connectivity index (χ4n) is 3.52. The zero-order valence-electron chi connectivity index (χ0n) is 12.1. The van der Waals surface area contributed by atoms with Crippen molar-refractivity contribution < 1.29 is 4.39 Å². The molecule has 2 aromatic rings. The molecule has 0 unspecified atom stereocenters. The van der Waals surface area contributed by atoms with Gasteiger partial charge in [-0.3, -0.25) is 10.00 Å². The zero-order chi connectivity index (χ0) is 14.2. The molecule has 0 spiro atoms. The number of aromatic nitrogens is 2. The Kier molecular flexibility index (Phi) is 3.26. The summed E-state index contributed by atoms with van der Waals surface area (Å²) in [5.74, 6) is 1.66. The van der Waals surface area contributed by atoms with Crippen LogP contribution in [0.4, 0.5) is 4.39 Å². The molecule has 1 aliphatic carbocycles. The van der Waals surface area contributed by atoms with Gasteiger partial charge in [0.15, 0.2) is 0 Å². The third-order valence-electron chi connectivity index (χ3n) is 5.06. The van der Waals surface area contributed by atoms with Gasteiger partial charge in [0.2, 0.25) is 0 Å². The van der Waals surface area contributed by atoms with Crippen molar-refractivity contribution >= 4 is 0 Å². The number of nitrogens with zero attached hydrogens (tertiary/aromatic N) is 2. The molecule has 21 heavy (non-hydrogen) atoms. The van der Waals surface area contributed by atoms with Crippen molar-refractivity contribution in [3.63, 3.8) is 0 Å². The van der Waals surface area contributed by atoms with Gasteiger partial charge in [0.25, 0.3) is 0 Å². The van der Waals surface area contributed by atoms with E-state index in [9.17, 15) is 4.39 Å². The Balaban J connectivity index is 1.45. The van der Waals surface area contributed by atoms with Crippen molar-refractivity contribution in [3.8, 4) is 11.3 Å². The summed E-state index contributed by atoms with van der Waals surface area (Å²) < 4.78 is 13.9. The Bertz CT molecular complexity index is 626. The van der Waals surface area contributed by atoms with Gasteiger partial charge in [-0.2, -0.15) is 5.10 Å². The van der Waals surface area contributed by atoms with Crippen LogP contribution in [0.1, 0.15) is 24.8 Å². The average Bonchev–Trinajstić information content (AvgIpc) is 2.83. The van der Waals surface area contributed by atoms with Gasteiger partial charge in [-0.05, 0) is 24.0 Å². The van der Waals surface area contributed by atoms with Crippen LogP contribution in [-0.4, -0.2) is 28.2 Å². The molecule has 0 bridgehead atoms. The number of rotatable bonds is 4. The van der Waals surface area contributed by atoms with Crippen molar-refractivity contribution in [2.75, 3.05) is 13.1 Å². The van der Waals surface area contributed by atoms with Crippen LogP contribution in [0.25, 0.3) is 11.3 Å². The number of benzene rings is 1. The van der Waals surface area contributed by atoms with E-state index in [1.165, 1.54) is 38.4 Å². The molecular formula is C17H20FN3. The number of nitrogens with one attached hydrogen (secondary N) is 1. The second-order valence-corrected chi connectivity index (χ2v) is 6.40. The van der Waals surface area contributed by atoms with E-state index in [1.807, 2.05) is 12.3 Å². The van der Waals surface area contributed by atoms with Crippen LogP contribution in [-0.2, 0) is 6.54 Å². The van der Waals surface area contributed by atoms with Gasteiger partial charge in [-0.25, -0.2) is 4.39 Å². The van der Waals surface area contributed by atoms with Crippen LogP contribution in [0.2, 0.25) is 0 Å². The van der Waals surface area contributed by atoms with Gasteiger partial charge in [-0.1, -0.05) is 31.4 Å². The fourth-order valence-corrected chi connectivity index (χ4v) is 3.52. The number of H-pyrrole nitrogens is 1. The maximum Gasteiger partial charge on any atom is 0.132 e. The summed E-state index contributed by atoms with van der Waals surface area (Å²) in [6, 6.07) is 6.88. The topological polar surface area (TPSA) is 31.9 Å². The minimum atomic E-state index is -0.195. The molecule has 2 heterocycles. The number of halogens is 1. The van der Waals surface area contributed by atoms with E-state index in [0.717, 1.165) is 29.6 Å². The molecule has 2 aliphatic rings. The first-order valence-corrected chi connectivity index (χ1v) is 7.81. The summed E-state index contributed by atoms with van der Waals surface area (Å²) in [7, 11) is 0. The molecule has 1 N–H and O–H groups in total. The van der Waals surface area contributed by atoms with E-state index in [2.05, 4.69) is 15.1 Å². The van der Waals surface area contributed by atoms with Gasteiger partial charge in [-0.15, -0.1) is 0 Å². The highest BCUT2D eigenvalue weighted by Gasteiger charge is 2.36. The molecule has 110 valence electrons. The van der Waals surface area contributed by atoms with Crippen molar-refractivity contribution in [2.45, 2.75) is 25.8 Å². The molecule has 4 heteroatoms. The lowest BCUT2D eigenvalue weighted by molar-refractivity contribution is 0.0212. The van der Waals surface area contributed by atoms with Gasteiger partial charge >= 0.3 is 0 Å². The predicted octanol–water partition coefficient (Wildman–Crippen LogP) is 3.45. The van der Waals surface area contributed by atoms with Crippen LogP contribution in [0, 0.1) is 17.7 Å². The van der Waals surface area contributed by atoms with Crippen LogP contribution in [0.5, 0.6) is 0 Å². The quantitative estimate of drug-likeness (QED) is 0.933. The third-order valence-corrected chi connectivity index (χ3v) is 5.06. The van der Waals surface area contributed by atoms with Crippen molar-refractivity contribution in [1.29, 1.82) is 0 Å². The van der Waals surface area contributed by atoms with Crippen molar-refractivity contribution in [2.24, 2.45) is 11.8 Å². The largest absolute Gasteiger partial charge is 0.298 e. The molecule has 1 saturated carbocycles. The van der Waals surface area contributed by atoms with Crippen molar-refractivity contribution in [1.82, 2.24) is 15.1 Å². The van der Waals surface area contributed by atoms with Gasteiger partial charge in [0, 0.05) is 30.8 Å². The molecule has 0 amide bonds. The lowest BCUT2D eigenvalue weighted by Gasteiger charge is -2.46. The molecule has 3 nitrogen and oxygen atoms in total. The molecule has 4 rings (SSSR count). The van der Waals surface area contributed by atoms with Gasteiger partial charge in [0.1, 0.15) is 5.82 Å². The Morgan fingerprint density at radius 2 is 2.00 bits per heavy atom. The Morgan fingerprint density at radius 3 is 2.71 bits per heavy atom. The summed E-state index contributed by atoms with van der Waals surface area (Å²) in [6.45, 7) is 3.24. The first kappa shape index (κ1) is 13.0. The van der Waals surface area contributed by atoms with E-state index in [4.69, 9.17) is 0 Å². The SMILES string of the molecule is Fc1ccccc1-c1[nH]ncc1CN1CC(C2CCC2)C1. The molecular weight excluding hydrogens is 265 g/mol. The molecule has 0 atom stereocenters. The first-order chi connectivity index (χ1) is 10.3. The van der Waals surface area contributed by atoms with Crippen LogP contribution in [0.15, 0.2) is 30.5 Å². The maximum absolute atomic E-state index is 13.9. The molecule has 1 aromatic carbocycles. The number of hydrogen-bond acceptors (Lipinski definition) is 2. The summed E-state index contributed by atoms with van der Waals surface area (Å²) in [4.78, 5) is 2.44. The van der Waals surface area contributed by atoms with E-state index in [-0.39, 0.29) is 5.82 Å². The van der Waals surface area contributed by atoms with Crippen LogP contribution in [0.3, 0.4) is 0 Å². The molecule has 0 radical (unpaired) electrons. The standard InChI is InChI=1S/C17H20FN3/c18-16-7-2-1-6-15(16)17-13(8-19-20-17)9-21-10-14(11-21)12-4-3-5-12/h1-2,6-8,12,14H,3-5,9-11H2,(H,19,20). The molecule has 1 saturated heterocycles. The highest BCUT2D eigenvalue weighted by atomic mass is 19.1. The number of aromatic amines is 1. The van der Waals surface area contributed by atoms with Crippen LogP contribution < -0.4 is 0 Å².